The van der Waals surface area contributed by atoms with Gasteiger partial charge in [0.15, 0.2) is 10.8 Å². The zero-order valence-corrected chi connectivity index (χ0v) is 15.0. The van der Waals surface area contributed by atoms with E-state index in [1.54, 1.807) is 0 Å². The highest BCUT2D eigenvalue weighted by Gasteiger charge is 2.17. The van der Waals surface area contributed by atoms with Crippen LogP contribution in [0.5, 0.6) is 0 Å². The van der Waals surface area contributed by atoms with Crippen LogP contribution in [0.25, 0.3) is 10.8 Å². The molecular weight excluding hydrogens is 345 g/mol. The number of aryl methyl sites for hydroxylation is 2. The molecule has 0 spiro atoms. The van der Waals surface area contributed by atoms with Crippen molar-refractivity contribution in [3.63, 3.8) is 0 Å². The summed E-state index contributed by atoms with van der Waals surface area (Å²) >= 11 is 1.36. The molecule has 3 N–H and O–H groups in total. The molecule has 5 nitrogen and oxygen atoms in total. The van der Waals surface area contributed by atoms with E-state index < -0.39 is 0 Å². The summed E-state index contributed by atoms with van der Waals surface area (Å²) in [5.74, 6) is 1.46. The number of rotatable bonds is 6. The van der Waals surface area contributed by atoms with Crippen LogP contribution >= 0.6 is 36.2 Å². The second kappa shape index (κ2) is 9.84. The predicted octanol–water partition coefficient (Wildman–Crippen LogP) is 3.33. The minimum Gasteiger partial charge on any atom is -0.459 e. The molecule has 2 aromatic heterocycles. The number of aromatic nitrogens is 1. The van der Waals surface area contributed by atoms with Crippen LogP contribution < -0.4 is 11.1 Å². The van der Waals surface area contributed by atoms with Crippen LogP contribution in [0.2, 0.25) is 0 Å². The second-order valence-electron chi connectivity index (χ2n) is 4.60. The first-order chi connectivity index (χ1) is 9.61. The summed E-state index contributed by atoms with van der Waals surface area (Å²) < 4.78 is 5.53. The number of unbranched alkanes of at least 4 members (excludes halogenated alkanes) is 1. The zero-order chi connectivity index (χ0) is 14.5. The van der Waals surface area contributed by atoms with Gasteiger partial charge >= 0.3 is 0 Å². The number of furan rings is 1. The minimum atomic E-state index is -0.0773. The first-order valence-corrected chi connectivity index (χ1v) is 7.46. The van der Waals surface area contributed by atoms with E-state index in [0.717, 1.165) is 29.3 Å². The minimum absolute atomic E-state index is 0. The summed E-state index contributed by atoms with van der Waals surface area (Å²) in [7, 11) is 0. The molecule has 0 fully saturated rings. The Kier molecular flexibility index (Phi) is 9.36. The van der Waals surface area contributed by atoms with Gasteiger partial charge in [-0.3, -0.25) is 4.79 Å². The Hall–Kier alpha value is -1.08. The lowest BCUT2D eigenvalue weighted by molar-refractivity contribution is 0.0956. The SMILES string of the molecule is Cc1ccc(-c2nc(C)c(C(=O)NCCCCN)s2)o1.Cl.Cl. The molecule has 0 aromatic carbocycles. The quantitative estimate of drug-likeness (QED) is 0.769. The Balaban J connectivity index is 0.00000220. The fourth-order valence-electron chi connectivity index (χ4n) is 1.81. The Morgan fingerprint density at radius 2 is 2.05 bits per heavy atom. The van der Waals surface area contributed by atoms with Gasteiger partial charge in [0.2, 0.25) is 0 Å². The van der Waals surface area contributed by atoms with Crippen LogP contribution in [-0.4, -0.2) is 24.0 Å². The highest BCUT2D eigenvalue weighted by atomic mass is 35.5. The lowest BCUT2D eigenvalue weighted by Gasteiger charge is -2.02. The van der Waals surface area contributed by atoms with Crippen molar-refractivity contribution < 1.29 is 9.21 Å². The van der Waals surface area contributed by atoms with E-state index in [0.29, 0.717) is 23.7 Å². The van der Waals surface area contributed by atoms with Crippen molar-refractivity contribution in [3.05, 3.63) is 28.5 Å². The van der Waals surface area contributed by atoms with Crippen molar-refractivity contribution in [3.8, 4) is 10.8 Å². The summed E-state index contributed by atoms with van der Waals surface area (Å²) in [6.07, 6.45) is 1.81. The smallest absolute Gasteiger partial charge is 0.263 e. The molecule has 0 radical (unpaired) electrons. The number of carbonyl (C=O) groups is 1. The molecular formula is C14H21Cl2N3O2S. The number of nitrogens with zero attached hydrogens (tertiary/aromatic N) is 1. The molecule has 0 saturated carbocycles. The Bertz CT molecular complexity index is 599. The van der Waals surface area contributed by atoms with Gasteiger partial charge in [-0.2, -0.15) is 0 Å². The van der Waals surface area contributed by atoms with Gasteiger partial charge in [-0.25, -0.2) is 4.98 Å². The van der Waals surface area contributed by atoms with E-state index in [2.05, 4.69) is 10.3 Å². The van der Waals surface area contributed by atoms with Crippen molar-refractivity contribution in [2.45, 2.75) is 26.7 Å². The average molecular weight is 366 g/mol. The number of thiazole rings is 1. The largest absolute Gasteiger partial charge is 0.459 e. The topological polar surface area (TPSA) is 81.2 Å². The van der Waals surface area contributed by atoms with Crippen LogP contribution in [0, 0.1) is 13.8 Å². The monoisotopic (exact) mass is 365 g/mol. The molecule has 0 unspecified atom stereocenters. The van der Waals surface area contributed by atoms with Crippen LogP contribution in [0.15, 0.2) is 16.5 Å². The molecule has 1 amide bonds. The van der Waals surface area contributed by atoms with E-state index in [1.165, 1.54) is 11.3 Å². The fourth-order valence-corrected chi connectivity index (χ4v) is 2.76. The van der Waals surface area contributed by atoms with E-state index in [-0.39, 0.29) is 30.7 Å². The average Bonchev–Trinajstić information content (AvgIpc) is 3.00. The number of hydrogen-bond acceptors (Lipinski definition) is 5. The molecule has 2 rings (SSSR count). The molecule has 0 aliphatic rings. The van der Waals surface area contributed by atoms with Gasteiger partial charge < -0.3 is 15.5 Å². The molecule has 8 heteroatoms. The third kappa shape index (κ3) is 5.28. The van der Waals surface area contributed by atoms with Crippen LogP contribution in [0.3, 0.4) is 0 Å². The first-order valence-electron chi connectivity index (χ1n) is 6.64. The number of amides is 1. The van der Waals surface area contributed by atoms with Crippen LogP contribution in [-0.2, 0) is 0 Å². The highest BCUT2D eigenvalue weighted by Crippen LogP contribution is 2.29. The molecule has 0 bridgehead atoms. The Morgan fingerprint density at radius 1 is 1.32 bits per heavy atom. The molecule has 2 heterocycles. The molecule has 2 aromatic rings. The van der Waals surface area contributed by atoms with E-state index >= 15 is 0 Å². The number of nitrogens with two attached hydrogens (primary N) is 1. The van der Waals surface area contributed by atoms with E-state index in [4.69, 9.17) is 10.2 Å². The van der Waals surface area contributed by atoms with Crippen molar-refractivity contribution >= 4 is 42.1 Å². The van der Waals surface area contributed by atoms with Gasteiger partial charge in [-0.1, -0.05) is 0 Å². The summed E-state index contributed by atoms with van der Waals surface area (Å²) in [5, 5.41) is 3.63. The summed E-state index contributed by atoms with van der Waals surface area (Å²) in [6, 6.07) is 3.76. The fraction of sp³-hybridized carbons (Fsp3) is 0.429. The number of carbonyl (C=O) groups excluding carboxylic acids is 1. The first kappa shape index (κ1) is 20.9. The predicted molar refractivity (Wildman–Crippen MR) is 94.4 cm³/mol. The van der Waals surface area contributed by atoms with Crippen LogP contribution in [0.4, 0.5) is 0 Å². The van der Waals surface area contributed by atoms with Gasteiger partial charge in [0.25, 0.3) is 5.91 Å². The number of hydrogen-bond donors (Lipinski definition) is 2. The maximum Gasteiger partial charge on any atom is 0.263 e. The van der Waals surface area contributed by atoms with E-state index in [1.807, 2.05) is 26.0 Å². The van der Waals surface area contributed by atoms with Crippen LogP contribution in [0.1, 0.15) is 34.0 Å². The summed E-state index contributed by atoms with van der Waals surface area (Å²) in [4.78, 5) is 17.1. The molecule has 0 aliphatic carbocycles. The molecule has 124 valence electrons. The van der Waals surface area contributed by atoms with E-state index in [9.17, 15) is 4.79 Å². The normalized spacial score (nSPS) is 9.77. The lowest BCUT2D eigenvalue weighted by atomic mass is 10.3. The summed E-state index contributed by atoms with van der Waals surface area (Å²) in [5.41, 5.74) is 6.15. The van der Waals surface area contributed by atoms with Gasteiger partial charge in [0, 0.05) is 6.54 Å². The summed E-state index contributed by atoms with van der Waals surface area (Å²) in [6.45, 7) is 5.01. The van der Waals surface area contributed by atoms with Gasteiger partial charge in [-0.05, 0) is 45.4 Å². The van der Waals surface area contributed by atoms with Crippen molar-refractivity contribution in [1.29, 1.82) is 0 Å². The molecule has 0 atom stereocenters. The third-order valence-corrected chi connectivity index (χ3v) is 4.04. The zero-order valence-electron chi connectivity index (χ0n) is 12.5. The second-order valence-corrected chi connectivity index (χ2v) is 5.59. The van der Waals surface area contributed by atoms with Gasteiger partial charge in [-0.15, -0.1) is 36.2 Å². The highest BCUT2D eigenvalue weighted by molar-refractivity contribution is 7.17. The maximum absolute atomic E-state index is 12.1. The number of nitrogens with one attached hydrogen (secondary N) is 1. The molecule has 22 heavy (non-hydrogen) atoms. The van der Waals surface area contributed by atoms with Gasteiger partial charge in [0.05, 0.1) is 5.69 Å². The maximum atomic E-state index is 12.1. The lowest BCUT2D eigenvalue weighted by Crippen LogP contribution is -2.24. The number of halogens is 2. The Morgan fingerprint density at radius 3 is 2.64 bits per heavy atom. The van der Waals surface area contributed by atoms with Crippen molar-refractivity contribution in [2.24, 2.45) is 5.73 Å². The molecule has 0 saturated heterocycles. The standard InChI is InChI=1S/C14H19N3O2S.2ClH/c1-9-5-6-11(19-9)14-17-10(2)12(20-14)13(18)16-8-4-3-7-15;;/h5-6H,3-4,7-8,15H2,1-2H3,(H,16,18);2*1H. The van der Waals surface area contributed by atoms with Gasteiger partial charge in [0.1, 0.15) is 10.6 Å². The Labute approximate surface area is 146 Å². The third-order valence-electron chi connectivity index (χ3n) is 2.87. The molecule has 0 aliphatic heterocycles. The van der Waals surface area contributed by atoms with Crippen molar-refractivity contribution in [1.82, 2.24) is 10.3 Å². The van der Waals surface area contributed by atoms with Crippen molar-refractivity contribution in [2.75, 3.05) is 13.1 Å².